The Hall–Kier alpha value is -2.32. The number of nitrogens with zero attached hydrogens (tertiary/aromatic N) is 3. The molecule has 4 rings (SSSR count). The first-order chi connectivity index (χ1) is 13.2. The lowest BCUT2D eigenvalue weighted by Gasteiger charge is -2.23. The molecule has 2 heterocycles. The van der Waals surface area contributed by atoms with Crippen LogP contribution in [0.4, 0.5) is 0 Å². The molecule has 1 unspecified atom stereocenters. The summed E-state index contributed by atoms with van der Waals surface area (Å²) in [4.78, 5) is 1.37. The van der Waals surface area contributed by atoms with Gasteiger partial charge in [-0.25, -0.2) is 0 Å². The Morgan fingerprint density at radius 3 is 2.33 bits per heavy atom. The number of nitrogens with one attached hydrogen (secondary N) is 1. The van der Waals surface area contributed by atoms with Gasteiger partial charge in [-0.3, -0.25) is 4.57 Å². The third kappa shape index (κ3) is 3.86. The van der Waals surface area contributed by atoms with Crippen molar-refractivity contribution < 1.29 is 14.7 Å². The van der Waals surface area contributed by atoms with Gasteiger partial charge in [0.25, 0.3) is 0 Å². The first-order valence-electron chi connectivity index (χ1n) is 9.13. The van der Waals surface area contributed by atoms with E-state index >= 15 is 0 Å². The predicted octanol–water partition coefficient (Wildman–Crippen LogP) is 1.36. The van der Waals surface area contributed by atoms with Crippen LogP contribution in [0.3, 0.4) is 0 Å². The Kier molecular flexibility index (Phi) is 5.45. The van der Waals surface area contributed by atoms with E-state index in [2.05, 4.69) is 0 Å². The molecule has 0 spiro atoms. The average molecular weight is 383 g/mol. The highest BCUT2D eigenvalue weighted by Crippen LogP contribution is 2.23. The van der Waals surface area contributed by atoms with Gasteiger partial charge in [-0.15, -0.1) is 5.10 Å². The highest BCUT2D eigenvalue weighted by molar-refractivity contribution is 7.71. The summed E-state index contributed by atoms with van der Waals surface area (Å²) in [5.41, 5.74) is 1.69. The lowest BCUT2D eigenvalue weighted by atomic mass is 10.1. The largest absolute Gasteiger partial charge is 0.380 e. The fourth-order valence-corrected chi connectivity index (χ4v) is 3.64. The zero-order valence-electron chi connectivity index (χ0n) is 15.0. The first-order valence-corrected chi connectivity index (χ1v) is 9.54. The summed E-state index contributed by atoms with van der Waals surface area (Å²) in [5, 5.41) is 15.7. The monoisotopic (exact) mass is 383 g/mol. The SMILES string of the molecule is OC(c1ccccc1)c1nn(C[NH+]2CCOCC2)c(=S)n1-c1ccccc1. The number of ether oxygens (including phenoxy) is 1. The number of aliphatic hydroxyl groups excluding tert-OH is 1. The van der Waals surface area contributed by atoms with Gasteiger partial charge < -0.3 is 14.7 Å². The maximum absolute atomic E-state index is 11.0. The molecule has 1 aromatic heterocycles. The van der Waals surface area contributed by atoms with Crippen LogP contribution in [0.1, 0.15) is 17.5 Å². The number of aromatic nitrogens is 3. The van der Waals surface area contributed by atoms with Crippen molar-refractivity contribution in [1.82, 2.24) is 14.3 Å². The van der Waals surface area contributed by atoms with E-state index in [1.807, 2.05) is 69.9 Å². The highest BCUT2D eigenvalue weighted by atomic mass is 32.1. The highest BCUT2D eigenvalue weighted by Gasteiger charge is 2.23. The first kappa shape index (κ1) is 18.1. The molecular weight excluding hydrogens is 360 g/mol. The fraction of sp³-hybridized carbons (Fsp3) is 0.300. The minimum Gasteiger partial charge on any atom is -0.380 e. The van der Waals surface area contributed by atoms with E-state index in [0.29, 0.717) is 17.3 Å². The summed E-state index contributed by atoms with van der Waals surface area (Å²) in [7, 11) is 0. The predicted molar refractivity (Wildman–Crippen MR) is 104 cm³/mol. The maximum Gasteiger partial charge on any atom is 0.207 e. The maximum atomic E-state index is 11.0. The van der Waals surface area contributed by atoms with Crippen LogP contribution in [0.5, 0.6) is 0 Å². The lowest BCUT2D eigenvalue weighted by molar-refractivity contribution is -0.930. The van der Waals surface area contributed by atoms with Gasteiger partial charge in [0.15, 0.2) is 12.5 Å². The molecule has 2 aromatic carbocycles. The van der Waals surface area contributed by atoms with Crippen LogP contribution >= 0.6 is 12.2 Å². The zero-order valence-corrected chi connectivity index (χ0v) is 15.8. The number of quaternary nitrogens is 1. The van der Waals surface area contributed by atoms with Crippen LogP contribution in [0.15, 0.2) is 60.7 Å². The van der Waals surface area contributed by atoms with Crippen LogP contribution in [0.25, 0.3) is 5.69 Å². The van der Waals surface area contributed by atoms with E-state index in [4.69, 9.17) is 22.1 Å². The molecule has 0 aliphatic carbocycles. The minimum absolute atomic E-state index is 0.532. The molecule has 1 atom stereocenters. The Morgan fingerprint density at radius 2 is 1.67 bits per heavy atom. The molecule has 7 heteroatoms. The molecule has 1 saturated heterocycles. The van der Waals surface area contributed by atoms with Crippen LogP contribution < -0.4 is 4.90 Å². The number of aliphatic hydroxyl groups is 1. The van der Waals surface area contributed by atoms with Crippen molar-refractivity contribution in [3.05, 3.63) is 76.8 Å². The molecule has 2 N–H and O–H groups in total. The second-order valence-corrected chi connectivity index (χ2v) is 7.01. The molecule has 6 nitrogen and oxygen atoms in total. The Morgan fingerprint density at radius 1 is 1.04 bits per heavy atom. The van der Waals surface area contributed by atoms with Crippen molar-refractivity contribution in [2.45, 2.75) is 12.8 Å². The second kappa shape index (κ2) is 8.14. The van der Waals surface area contributed by atoms with Gasteiger partial charge in [-0.05, 0) is 29.9 Å². The van der Waals surface area contributed by atoms with Crippen molar-refractivity contribution >= 4 is 12.2 Å². The summed E-state index contributed by atoms with van der Waals surface area (Å²) in [5.74, 6) is 0.532. The number of benzene rings is 2. The van der Waals surface area contributed by atoms with Crippen LogP contribution in [0.2, 0.25) is 0 Å². The van der Waals surface area contributed by atoms with E-state index in [9.17, 15) is 5.11 Å². The molecule has 0 saturated carbocycles. The van der Waals surface area contributed by atoms with Crippen molar-refractivity contribution in [2.24, 2.45) is 0 Å². The molecule has 0 bridgehead atoms. The van der Waals surface area contributed by atoms with E-state index in [-0.39, 0.29) is 0 Å². The summed E-state index contributed by atoms with van der Waals surface area (Å²) < 4.78 is 9.72. The number of morpholine rings is 1. The molecule has 1 aliphatic rings. The fourth-order valence-electron chi connectivity index (χ4n) is 3.34. The smallest absolute Gasteiger partial charge is 0.207 e. The molecule has 3 aromatic rings. The normalized spacial score (nSPS) is 16.3. The standard InChI is InChI=1S/C20H22N4O2S/c25-18(16-7-3-1-4-8-16)19-21-23(15-22-11-13-26-14-12-22)20(27)24(19)17-9-5-2-6-10-17/h1-10,18,25H,11-15H2/p+1. The van der Waals surface area contributed by atoms with E-state index < -0.39 is 6.10 Å². The molecule has 0 amide bonds. The Labute approximate surface area is 163 Å². The number of para-hydroxylation sites is 1. The third-order valence-electron chi connectivity index (χ3n) is 4.81. The topological polar surface area (TPSA) is 56.6 Å². The van der Waals surface area contributed by atoms with Gasteiger partial charge in [0.05, 0.1) is 13.2 Å². The molecule has 1 aliphatic heterocycles. The van der Waals surface area contributed by atoms with Crippen LogP contribution in [0, 0.1) is 4.77 Å². The third-order valence-corrected chi connectivity index (χ3v) is 5.21. The number of hydrogen-bond donors (Lipinski definition) is 2. The summed E-state index contributed by atoms with van der Waals surface area (Å²) in [6.07, 6.45) is -0.853. The molecule has 0 radical (unpaired) electrons. The van der Waals surface area contributed by atoms with E-state index in [0.717, 1.165) is 37.6 Å². The van der Waals surface area contributed by atoms with Gasteiger partial charge in [0.2, 0.25) is 4.77 Å². The molecule has 27 heavy (non-hydrogen) atoms. The lowest BCUT2D eigenvalue weighted by Crippen LogP contribution is -3.13. The van der Waals surface area contributed by atoms with Gasteiger partial charge in [0.1, 0.15) is 19.2 Å². The van der Waals surface area contributed by atoms with Crippen molar-refractivity contribution in [3.8, 4) is 5.69 Å². The molecule has 1 fully saturated rings. The minimum atomic E-state index is -0.853. The number of hydrogen-bond acceptors (Lipinski definition) is 4. The van der Waals surface area contributed by atoms with Crippen LogP contribution in [-0.4, -0.2) is 45.8 Å². The van der Waals surface area contributed by atoms with Gasteiger partial charge in [0, 0.05) is 5.69 Å². The Balaban J connectivity index is 1.76. The summed E-state index contributed by atoms with van der Waals surface area (Å²) in [6, 6.07) is 19.4. The summed E-state index contributed by atoms with van der Waals surface area (Å²) >= 11 is 5.74. The number of rotatable bonds is 5. The van der Waals surface area contributed by atoms with Gasteiger partial charge >= 0.3 is 0 Å². The van der Waals surface area contributed by atoms with E-state index in [1.165, 1.54) is 4.90 Å². The van der Waals surface area contributed by atoms with Crippen molar-refractivity contribution in [1.29, 1.82) is 0 Å². The summed E-state index contributed by atoms with van der Waals surface area (Å²) in [6.45, 7) is 4.02. The molecule has 140 valence electrons. The second-order valence-electron chi connectivity index (χ2n) is 6.64. The Bertz CT molecular complexity index is 934. The van der Waals surface area contributed by atoms with Crippen molar-refractivity contribution in [2.75, 3.05) is 26.3 Å². The van der Waals surface area contributed by atoms with Crippen molar-refractivity contribution in [3.63, 3.8) is 0 Å². The van der Waals surface area contributed by atoms with Gasteiger partial charge in [-0.2, -0.15) is 4.68 Å². The quantitative estimate of drug-likeness (QED) is 0.654. The van der Waals surface area contributed by atoms with Crippen LogP contribution in [-0.2, 0) is 11.4 Å². The van der Waals surface area contributed by atoms with E-state index in [1.54, 1.807) is 0 Å². The molecular formula is C20H23N4O2S+. The average Bonchev–Trinajstić information content (AvgIpc) is 3.05. The zero-order chi connectivity index (χ0) is 18.6. The van der Waals surface area contributed by atoms with Gasteiger partial charge in [-0.1, -0.05) is 48.5 Å².